The Kier molecular flexibility index (Phi) is 6.16. The molecular weight excluding hydrogens is 392 g/mol. The number of aryl methyl sites for hydroxylation is 1. The molecule has 0 spiro atoms. The summed E-state index contributed by atoms with van der Waals surface area (Å²) in [6, 6.07) is 17.1. The second-order valence-electron chi connectivity index (χ2n) is 6.24. The third kappa shape index (κ3) is 4.26. The van der Waals surface area contributed by atoms with E-state index >= 15 is 0 Å². The predicted molar refractivity (Wildman–Crippen MR) is 113 cm³/mol. The summed E-state index contributed by atoms with van der Waals surface area (Å²) in [4.78, 5) is 13.7. The van der Waals surface area contributed by atoms with Crippen molar-refractivity contribution >= 4 is 33.0 Å². The Bertz CT molecular complexity index is 1060. The summed E-state index contributed by atoms with van der Waals surface area (Å²) in [5.74, 6) is -0.299. The molecule has 0 aliphatic heterocycles. The molecule has 1 N–H and O–H groups in total. The minimum absolute atomic E-state index is 0.0955. The summed E-state index contributed by atoms with van der Waals surface area (Å²) in [5.41, 5.74) is 2.04. The van der Waals surface area contributed by atoms with Crippen LogP contribution in [0.5, 0.6) is 0 Å². The largest absolute Gasteiger partial charge is 0.347 e. The molecule has 0 aliphatic carbocycles. The van der Waals surface area contributed by atoms with Crippen LogP contribution in [0.2, 0.25) is 0 Å². The van der Waals surface area contributed by atoms with Crippen molar-refractivity contribution in [2.45, 2.75) is 25.3 Å². The normalized spacial score (nSPS) is 11.2. The molecule has 7 heteroatoms. The zero-order valence-corrected chi connectivity index (χ0v) is 17.4. The van der Waals surface area contributed by atoms with Crippen LogP contribution in [0.1, 0.15) is 27.7 Å². The Hall–Kier alpha value is -2.64. The van der Waals surface area contributed by atoms with Gasteiger partial charge in [-0.1, -0.05) is 24.3 Å². The Morgan fingerprint density at radius 3 is 2.46 bits per heavy atom. The molecule has 5 nitrogen and oxygen atoms in total. The fourth-order valence-electron chi connectivity index (χ4n) is 2.86. The van der Waals surface area contributed by atoms with Crippen molar-refractivity contribution in [3.63, 3.8) is 0 Å². The van der Waals surface area contributed by atoms with Gasteiger partial charge in [0.05, 0.1) is 17.1 Å². The van der Waals surface area contributed by atoms with Crippen LogP contribution in [0.4, 0.5) is 5.69 Å². The average molecular weight is 415 g/mol. The molecule has 0 saturated carbocycles. The van der Waals surface area contributed by atoms with Crippen LogP contribution in [-0.4, -0.2) is 20.9 Å². The van der Waals surface area contributed by atoms with Gasteiger partial charge in [0.15, 0.2) is 0 Å². The lowest BCUT2D eigenvalue weighted by atomic mass is 10.2. The number of hydrogen-bond acceptors (Lipinski definition) is 4. The summed E-state index contributed by atoms with van der Waals surface area (Å²) in [6.45, 7) is 4.49. The summed E-state index contributed by atoms with van der Waals surface area (Å²) in [7, 11) is -3.77. The molecule has 0 bridgehead atoms. The molecule has 0 atom stereocenters. The number of benzene rings is 2. The first-order valence-corrected chi connectivity index (χ1v) is 11.2. The molecule has 0 aliphatic rings. The molecular formula is C21H22N2O3S2. The maximum absolute atomic E-state index is 13.1. The number of amides is 1. The minimum atomic E-state index is -3.77. The van der Waals surface area contributed by atoms with E-state index in [9.17, 15) is 13.2 Å². The van der Waals surface area contributed by atoms with Crippen LogP contribution in [0.3, 0.4) is 0 Å². The molecule has 28 heavy (non-hydrogen) atoms. The molecule has 1 amide bonds. The zero-order chi connectivity index (χ0) is 20.1. The maximum Gasteiger partial charge on any atom is 0.264 e. The topological polar surface area (TPSA) is 66.5 Å². The van der Waals surface area contributed by atoms with Gasteiger partial charge < -0.3 is 5.32 Å². The lowest BCUT2D eigenvalue weighted by molar-refractivity contribution is 0.0951. The van der Waals surface area contributed by atoms with Crippen LogP contribution in [0.25, 0.3) is 0 Å². The third-order valence-electron chi connectivity index (χ3n) is 4.39. The van der Waals surface area contributed by atoms with Gasteiger partial charge in [-0.15, -0.1) is 11.3 Å². The third-order valence-corrected chi connectivity index (χ3v) is 7.32. The van der Waals surface area contributed by atoms with Crippen LogP contribution in [0.15, 0.2) is 70.9 Å². The fraction of sp³-hybridized carbons (Fsp3) is 0.190. The van der Waals surface area contributed by atoms with E-state index in [1.807, 2.05) is 24.4 Å². The van der Waals surface area contributed by atoms with Crippen LogP contribution in [0, 0.1) is 6.92 Å². The standard InChI is InChI=1S/C21H22N2O3S2/c1-3-23(18-9-5-4-6-10-18)28(25,26)19-11-7-8-17(14-19)21(24)22-15-20-16(2)12-13-27-20/h4-14H,3,15H2,1-2H3,(H,22,24). The van der Waals surface area contributed by atoms with E-state index in [4.69, 9.17) is 0 Å². The smallest absolute Gasteiger partial charge is 0.264 e. The van der Waals surface area contributed by atoms with E-state index in [1.54, 1.807) is 54.7 Å². The Morgan fingerprint density at radius 1 is 1.07 bits per heavy atom. The molecule has 3 aromatic rings. The van der Waals surface area contributed by atoms with E-state index in [-0.39, 0.29) is 10.8 Å². The van der Waals surface area contributed by atoms with Crippen molar-refractivity contribution in [2.75, 3.05) is 10.8 Å². The number of carbonyl (C=O) groups excluding carboxylic acids is 1. The first-order chi connectivity index (χ1) is 13.4. The maximum atomic E-state index is 13.1. The Balaban J connectivity index is 1.83. The molecule has 0 radical (unpaired) electrons. The number of anilines is 1. The summed E-state index contributed by atoms with van der Waals surface area (Å²) in [6.07, 6.45) is 0. The summed E-state index contributed by atoms with van der Waals surface area (Å²) < 4.78 is 27.6. The van der Waals surface area contributed by atoms with Crippen molar-refractivity contribution in [3.05, 3.63) is 82.0 Å². The highest BCUT2D eigenvalue weighted by molar-refractivity contribution is 7.92. The van der Waals surface area contributed by atoms with Gasteiger partial charge in [0.25, 0.3) is 15.9 Å². The monoisotopic (exact) mass is 414 g/mol. The second kappa shape index (κ2) is 8.58. The summed E-state index contributed by atoms with van der Waals surface area (Å²) >= 11 is 1.58. The highest BCUT2D eigenvalue weighted by Gasteiger charge is 2.24. The lowest BCUT2D eigenvalue weighted by Crippen LogP contribution is -2.31. The highest BCUT2D eigenvalue weighted by Crippen LogP contribution is 2.24. The highest BCUT2D eigenvalue weighted by atomic mass is 32.2. The predicted octanol–water partition coefficient (Wildman–Crippen LogP) is 4.20. The van der Waals surface area contributed by atoms with E-state index in [0.717, 1.165) is 10.4 Å². The number of rotatable bonds is 7. The van der Waals surface area contributed by atoms with Crippen LogP contribution in [-0.2, 0) is 16.6 Å². The van der Waals surface area contributed by atoms with Crippen LogP contribution >= 0.6 is 11.3 Å². The van der Waals surface area contributed by atoms with Gasteiger partial charge in [-0.25, -0.2) is 8.42 Å². The molecule has 3 rings (SSSR count). The molecule has 2 aromatic carbocycles. The molecule has 1 aromatic heterocycles. The van der Waals surface area contributed by atoms with Gasteiger partial charge in [0, 0.05) is 17.0 Å². The number of para-hydroxylation sites is 1. The van der Waals surface area contributed by atoms with Crippen molar-refractivity contribution < 1.29 is 13.2 Å². The minimum Gasteiger partial charge on any atom is -0.347 e. The zero-order valence-electron chi connectivity index (χ0n) is 15.8. The molecule has 0 saturated heterocycles. The molecule has 146 valence electrons. The number of sulfonamides is 1. The SMILES string of the molecule is CCN(c1ccccc1)S(=O)(=O)c1cccc(C(=O)NCc2sccc2C)c1. The van der Waals surface area contributed by atoms with Gasteiger partial charge in [-0.3, -0.25) is 9.10 Å². The number of nitrogens with zero attached hydrogens (tertiary/aromatic N) is 1. The van der Waals surface area contributed by atoms with Gasteiger partial charge in [0.1, 0.15) is 0 Å². The van der Waals surface area contributed by atoms with Crippen molar-refractivity contribution in [3.8, 4) is 0 Å². The van der Waals surface area contributed by atoms with Crippen molar-refractivity contribution in [2.24, 2.45) is 0 Å². The number of carbonyl (C=O) groups is 1. The van der Waals surface area contributed by atoms with Crippen molar-refractivity contribution in [1.82, 2.24) is 5.32 Å². The van der Waals surface area contributed by atoms with Crippen LogP contribution < -0.4 is 9.62 Å². The quantitative estimate of drug-likeness (QED) is 0.630. The van der Waals surface area contributed by atoms with E-state index in [0.29, 0.717) is 24.3 Å². The van der Waals surface area contributed by atoms with Gasteiger partial charge in [-0.2, -0.15) is 0 Å². The Labute approximate surface area is 169 Å². The first-order valence-electron chi connectivity index (χ1n) is 8.92. The summed E-state index contributed by atoms with van der Waals surface area (Å²) in [5, 5.41) is 4.84. The van der Waals surface area contributed by atoms with Gasteiger partial charge in [0.2, 0.25) is 0 Å². The van der Waals surface area contributed by atoms with Crippen molar-refractivity contribution in [1.29, 1.82) is 0 Å². The molecule has 0 unspecified atom stereocenters. The van der Waals surface area contributed by atoms with Gasteiger partial charge >= 0.3 is 0 Å². The van der Waals surface area contributed by atoms with E-state index < -0.39 is 10.0 Å². The Morgan fingerprint density at radius 2 is 1.82 bits per heavy atom. The number of thiophene rings is 1. The first kappa shape index (κ1) is 20.1. The molecule has 0 fully saturated rings. The van der Waals surface area contributed by atoms with Gasteiger partial charge in [-0.05, 0) is 61.2 Å². The number of hydrogen-bond donors (Lipinski definition) is 1. The second-order valence-corrected chi connectivity index (χ2v) is 9.11. The van der Waals surface area contributed by atoms with E-state index in [1.165, 1.54) is 16.4 Å². The fourth-order valence-corrected chi connectivity index (χ4v) is 5.22. The average Bonchev–Trinajstić information content (AvgIpc) is 3.12. The van der Waals surface area contributed by atoms with E-state index in [2.05, 4.69) is 5.32 Å². The lowest BCUT2D eigenvalue weighted by Gasteiger charge is -2.23. The number of nitrogens with one attached hydrogen (secondary N) is 1. The molecule has 1 heterocycles.